The number of aromatic nitrogens is 2. The predicted molar refractivity (Wildman–Crippen MR) is 152 cm³/mol. The second-order valence-electron chi connectivity index (χ2n) is 10.3. The molecule has 1 N–H and O–H groups in total. The van der Waals surface area contributed by atoms with Crippen molar-refractivity contribution in [2.45, 2.75) is 31.1 Å². The van der Waals surface area contributed by atoms with Crippen molar-refractivity contribution in [3.05, 3.63) is 103 Å². The summed E-state index contributed by atoms with van der Waals surface area (Å²) in [6.07, 6.45) is 4.82. The topological polar surface area (TPSA) is 72.0 Å². The fourth-order valence-corrected chi connectivity index (χ4v) is 4.92. The summed E-state index contributed by atoms with van der Waals surface area (Å²) in [5.41, 5.74) is 8.03. The van der Waals surface area contributed by atoms with Crippen LogP contribution in [0.25, 0.3) is 33.3 Å². The van der Waals surface area contributed by atoms with Gasteiger partial charge in [-0.1, -0.05) is 69.3 Å². The van der Waals surface area contributed by atoms with Crippen LogP contribution in [0.1, 0.15) is 26.3 Å². The maximum atomic E-state index is 11.8. The molecule has 0 amide bonds. The van der Waals surface area contributed by atoms with Gasteiger partial charge >= 0.3 is 0 Å². The predicted octanol–water partition coefficient (Wildman–Crippen LogP) is 7.41. The van der Waals surface area contributed by atoms with E-state index in [-0.39, 0.29) is 5.41 Å². The molecule has 5 aromatic rings. The molecule has 186 valence electrons. The first kappa shape index (κ1) is 24.7. The number of anilines is 2. The molecule has 0 saturated carbocycles. The van der Waals surface area contributed by atoms with E-state index in [9.17, 15) is 8.42 Å². The first-order valence-electron chi connectivity index (χ1n) is 12.1. The van der Waals surface area contributed by atoms with E-state index in [0.29, 0.717) is 4.90 Å². The van der Waals surface area contributed by atoms with Gasteiger partial charge in [0.2, 0.25) is 0 Å². The molecule has 37 heavy (non-hydrogen) atoms. The van der Waals surface area contributed by atoms with E-state index in [2.05, 4.69) is 66.4 Å². The van der Waals surface area contributed by atoms with Crippen molar-refractivity contribution in [3.63, 3.8) is 0 Å². The lowest BCUT2D eigenvalue weighted by molar-refractivity contribution is 0.590. The van der Waals surface area contributed by atoms with Crippen LogP contribution in [0, 0.1) is 0 Å². The highest BCUT2D eigenvalue weighted by atomic mass is 32.2. The highest BCUT2D eigenvalue weighted by Crippen LogP contribution is 2.31. The molecule has 0 aliphatic carbocycles. The monoisotopic (exact) mass is 507 g/mol. The molecular formula is C31H29N3O2S. The highest BCUT2D eigenvalue weighted by Gasteiger charge is 2.14. The zero-order valence-electron chi connectivity index (χ0n) is 21.4. The molecule has 2 heterocycles. The van der Waals surface area contributed by atoms with Crippen molar-refractivity contribution in [3.8, 4) is 22.4 Å². The number of fused-ring (bicyclic) bond motifs is 1. The molecule has 0 bridgehead atoms. The Kier molecular flexibility index (Phi) is 6.30. The van der Waals surface area contributed by atoms with Crippen LogP contribution >= 0.6 is 0 Å². The summed E-state index contributed by atoms with van der Waals surface area (Å²) in [4.78, 5) is 9.46. The number of hydrogen-bond donors (Lipinski definition) is 1. The Morgan fingerprint density at radius 1 is 0.703 bits per heavy atom. The van der Waals surface area contributed by atoms with Crippen molar-refractivity contribution in [1.29, 1.82) is 0 Å². The summed E-state index contributed by atoms with van der Waals surface area (Å²) >= 11 is 0. The molecule has 0 spiro atoms. The van der Waals surface area contributed by atoms with Gasteiger partial charge in [-0.2, -0.15) is 0 Å². The van der Waals surface area contributed by atoms with Gasteiger partial charge in [0.05, 0.1) is 16.1 Å². The van der Waals surface area contributed by atoms with Gasteiger partial charge < -0.3 is 5.32 Å². The van der Waals surface area contributed by atoms with Gasteiger partial charge in [0.25, 0.3) is 0 Å². The fraction of sp³-hybridized carbons (Fsp3) is 0.161. The molecule has 3 aromatic carbocycles. The zero-order valence-corrected chi connectivity index (χ0v) is 22.2. The molecule has 0 aliphatic rings. The van der Waals surface area contributed by atoms with E-state index in [1.807, 2.05) is 48.7 Å². The molecule has 6 heteroatoms. The van der Waals surface area contributed by atoms with Gasteiger partial charge in [0.15, 0.2) is 9.84 Å². The zero-order chi connectivity index (χ0) is 26.2. The average Bonchev–Trinajstić information content (AvgIpc) is 2.88. The van der Waals surface area contributed by atoms with E-state index in [4.69, 9.17) is 0 Å². The summed E-state index contributed by atoms with van der Waals surface area (Å²) in [5.74, 6) is 0. The Morgan fingerprint density at radius 2 is 1.35 bits per heavy atom. The third-order valence-electron chi connectivity index (χ3n) is 6.44. The summed E-state index contributed by atoms with van der Waals surface area (Å²) in [6, 6.07) is 27.6. The van der Waals surface area contributed by atoms with E-state index in [0.717, 1.165) is 44.7 Å². The molecule has 0 radical (unpaired) electrons. The molecule has 0 aliphatic heterocycles. The number of rotatable bonds is 5. The molecule has 0 fully saturated rings. The summed E-state index contributed by atoms with van der Waals surface area (Å²) < 4.78 is 23.5. The Hall–Kier alpha value is -4.03. The molecule has 5 nitrogen and oxygen atoms in total. The van der Waals surface area contributed by atoms with Gasteiger partial charge in [-0.25, -0.2) is 8.42 Å². The van der Waals surface area contributed by atoms with Crippen LogP contribution < -0.4 is 5.32 Å². The average molecular weight is 508 g/mol. The number of sulfone groups is 1. The summed E-state index contributed by atoms with van der Waals surface area (Å²) in [6.45, 7) is 6.63. The molecule has 0 atom stereocenters. The molecule has 5 rings (SSSR count). The van der Waals surface area contributed by atoms with Gasteiger partial charge in [-0.15, -0.1) is 0 Å². The minimum Gasteiger partial charge on any atom is -0.355 e. The van der Waals surface area contributed by atoms with E-state index in [1.165, 1.54) is 11.8 Å². The quantitative estimate of drug-likeness (QED) is 0.268. The number of nitrogens with zero attached hydrogens (tertiary/aromatic N) is 2. The lowest BCUT2D eigenvalue weighted by Gasteiger charge is -2.19. The molecule has 0 saturated heterocycles. The molecule has 2 aromatic heterocycles. The van der Waals surface area contributed by atoms with Gasteiger partial charge in [-0.05, 0) is 58.5 Å². The minimum atomic E-state index is -3.23. The Bertz CT molecular complexity index is 1690. The second-order valence-corrected chi connectivity index (χ2v) is 12.3. The number of benzene rings is 3. The Labute approximate surface area is 218 Å². The van der Waals surface area contributed by atoms with Gasteiger partial charge in [0, 0.05) is 41.0 Å². The number of nitrogens with one attached hydrogen (secondary N) is 1. The van der Waals surface area contributed by atoms with Crippen molar-refractivity contribution >= 4 is 32.1 Å². The van der Waals surface area contributed by atoms with Gasteiger partial charge in [0.1, 0.15) is 0 Å². The smallest absolute Gasteiger partial charge is 0.175 e. The molecular weight excluding hydrogens is 478 g/mol. The second kappa shape index (κ2) is 9.45. The Balaban J connectivity index is 1.42. The summed E-state index contributed by atoms with van der Waals surface area (Å²) in [5, 5.41) is 4.52. The van der Waals surface area contributed by atoms with Crippen LogP contribution in [0.3, 0.4) is 0 Å². The first-order valence-corrected chi connectivity index (χ1v) is 14.0. The lowest BCUT2D eigenvalue weighted by Crippen LogP contribution is -2.10. The van der Waals surface area contributed by atoms with Crippen LogP contribution in [0.15, 0.2) is 102 Å². The number of hydrogen-bond acceptors (Lipinski definition) is 5. The van der Waals surface area contributed by atoms with E-state index in [1.54, 1.807) is 18.3 Å². The normalized spacial score (nSPS) is 12.0. The largest absolute Gasteiger partial charge is 0.355 e. The minimum absolute atomic E-state index is 0.108. The number of pyridine rings is 2. The highest BCUT2D eigenvalue weighted by molar-refractivity contribution is 7.90. The third-order valence-corrected chi connectivity index (χ3v) is 7.57. The van der Waals surface area contributed by atoms with Crippen LogP contribution in [-0.2, 0) is 15.3 Å². The van der Waals surface area contributed by atoms with E-state index < -0.39 is 9.84 Å². The lowest BCUT2D eigenvalue weighted by atomic mass is 9.86. The van der Waals surface area contributed by atoms with Crippen LogP contribution in [-0.4, -0.2) is 24.6 Å². The SMILES string of the molecule is CC(C)(C)c1ccc(-c2cc(Nc3ccnc4cc(-c5ccc(S(C)(=O)=O)cc5)ccc34)ccn2)cc1. The summed E-state index contributed by atoms with van der Waals surface area (Å²) in [7, 11) is -3.23. The van der Waals surface area contributed by atoms with Crippen molar-refractivity contribution in [1.82, 2.24) is 9.97 Å². The Morgan fingerprint density at radius 3 is 2.03 bits per heavy atom. The van der Waals surface area contributed by atoms with E-state index >= 15 is 0 Å². The maximum Gasteiger partial charge on any atom is 0.175 e. The van der Waals surface area contributed by atoms with Crippen LogP contribution in [0.2, 0.25) is 0 Å². The third kappa shape index (κ3) is 5.39. The van der Waals surface area contributed by atoms with Crippen LogP contribution in [0.4, 0.5) is 11.4 Å². The maximum absolute atomic E-state index is 11.8. The van der Waals surface area contributed by atoms with Crippen molar-refractivity contribution in [2.75, 3.05) is 11.6 Å². The van der Waals surface area contributed by atoms with Crippen molar-refractivity contribution in [2.24, 2.45) is 0 Å². The van der Waals surface area contributed by atoms with Crippen LogP contribution in [0.5, 0.6) is 0 Å². The van der Waals surface area contributed by atoms with Gasteiger partial charge in [-0.3, -0.25) is 9.97 Å². The molecule has 0 unspecified atom stereocenters. The fourth-order valence-electron chi connectivity index (χ4n) is 4.29. The van der Waals surface area contributed by atoms with Crippen molar-refractivity contribution < 1.29 is 8.42 Å². The standard InChI is InChI=1S/C31H29N3O2S/c1-31(2,3)24-10-5-22(6-11-24)29-20-25(15-17-32-29)34-28-16-18-33-30-19-23(9-14-27(28)30)21-7-12-26(13-8-21)37(4,35)36/h5-20H,1-4H3,(H,32,33,34). The first-order chi connectivity index (χ1) is 17.6.